The van der Waals surface area contributed by atoms with Crippen LogP contribution in [0.2, 0.25) is 0 Å². The summed E-state index contributed by atoms with van der Waals surface area (Å²) >= 11 is 0. The molecule has 1 aromatic carbocycles. The standard InChI is InChI=1S/C25H28N4O4/c1-4-25(32)19-11-21-22-17(12-29(21)23(30)18(19)13-33-24(25)31)15(9-10-26-28-14(2)3)16-7-5-6-8-20(16)27-22/h5-8,11,14,26,28,32H,4,9-10,12-13H2,1-3H3/t25-/m0/s1. The van der Waals surface area contributed by atoms with E-state index in [9.17, 15) is 14.7 Å². The molecule has 1 atom stereocenters. The van der Waals surface area contributed by atoms with Gasteiger partial charge in [-0.2, -0.15) is 0 Å². The lowest BCUT2D eigenvalue weighted by atomic mass is 9.86. The molecule has 2 aromatic heterocycles. The summed E-state index contributed by atoms with van der Waals surface area (Å²) in [5.41, 5.74) is 9.47. The van der Waals surface area contributed by atoms with E-state index in [2.05, 4.69) is 30.8 Å². The van der Waals surface area contributed by atoms with Crippen LogP contribution in [-0.2, 0) is 34.7 Å². The third-order valence-corrected chi connectivity index (χ3v) is 6.60. The number of fused-ring (bicyclic) bond motifs is 5. The molecule has 0 saturated heterocycles. The number of carbonyl (C=O) groups excluding carboxylic acids is 1. The summed E-state index contributed by atoms with van der Waals surface area (Å²) in [5.74, 6) is -0.712. The van der Waals surface area contributed by atoms with Crippen molar-refractivity contribution in [3.63, 3.8) is 0 Å². The predicted molar refractivity (Wildman–Crippen MR) is 125 cm³/mol. The predicted octanol–water partition coefficient (Wildman–Crippen LogP) is 2.12. The number of nitrogens with one attached hydrogen (secondary N) is 2. The number of cyclic esters (lactones) is 1. The van der Waals surface area contributed by atoms with Crippen molar-refractivity contribution >= 4 is 16.9 Å². The van der Waals surface area contributed by atoms with Crippen molar-refractivity contribution in [3.8, 4) is 11.4 Å². The molecule has 0 amide bonds. The van der Waals surface area contributed by atoms with Crippen molar-refractivity contribution in [1.82, 2.24) is 20.4 Å². The number of hydrogen-bond acceptors (Lipinski definition) is 7. The van der Waals surface area contributed by atoms with Gasteiger partial charge in [0.25, 0.3) is 5.56 Å². The van der Waals surface area contributed by atoms with E-state index in [4.69, 9.17) is 9.72 Å². The molecule has 2 aliphatic heterocycles. The van der Waals surface area contributed by atoms with Gasteiger partial charge in [-0.3, -0.25) is 15.6 Å². The highest BCUT2D eigenvalue weighted by Crippen LogP contribution is 2.40. The highest BCUT2D eigenvalue weighted by molar-refractivity contribution is 5.89. The van der Waals surface area contributed by atoms with E-state index in [1.807, 2.05) is 18.2 Å². The van der Waals surface area contributed by atoms with Gasteiger partial charge >= 0.3 is 5.97 Å². The fraction of sp³-hybridized carbons (Fsp3) is 0.400. The average molecular weight is 449 g/mol. The van der Waals surface area contributed by atoms with Crippen LogP contribution in [0.3, 0.4) is 0 Å². The molecule has 3 aromatic rings. The molecular formula is C25H28N4O4. The number of para-hydroxylation sites is 1. The number of aliphatic hydroxyl groups is 1. The molecule has 4 heterocycles. The fourth-order valence-electron chi connectivity index (χ4n) is 4.86. The minimum atomic E-state index is -1.82. The maximum atomic E-state index is 13.4. The summed E-state index contributed by atoms with van der Waals surface area (Å²) in [5, 5.41) is 12.1. The highest BCUT2D eigenvalue weighted by Gasteiger charge is 2.45. The van der Waals surface area contributed by atoms with Gasteiger partial charge in [-0.05, 0) is 44.4 Å². The topological polar surface area (TPSA) is 105 Å². The molecule has 33 heavy (non-hydrogen) atoms. The van der Waals surface area contributed by atoms with E-state index in [1.165, 1.54) is 0 Å². The van der Waals surface area contributed by atoms with Gasteiger partial charge in [0.1, 0.15) is 6.61 Å². The SMILES string of the molecule is CC[C@@]1(O)C(=O)OCc2c1cc1n(c2=O)Cc2c-1nc1ccccc1c2CCNNC(C)C. The lowest BCUT2D eigenvalue weighted by Gasteiger charge is -2.31. The second-order valence-corrected chi connectivity index (χ2v) is 9.01. The summed E-state index contributed by atoms with van der Waals surface area (Å²) in [6.45, 7) is 6.85. The van der Waals surface area contributed by atoms with E-state index >= 15 is 0 Å². The second-order valence-electron chi connectivity index (χ2n) is 9.01. The van der Waals surface area contributed by atoms with Gasteiger partial charge in [-0.1, -0.05) is 25.1 Å². The summed E-state index contributed by atoms with van der Waals surface area (Å²) in [7, 11) is 0. The van der Waals surface area contributed by atoms with Crippen LogP contribution in [0.4, 0.5) is 0 Å². The molecule has 0 fully saturated rings. The molecule has 2 aliphatic rings. The number of nitrogens with zero attached hydrogens (tertiary/aromatic N) is 2. The quantitative estimate of drug-likeness (QED) is 0.236. The van der Waals surface area contributed by atoms with Gasteiger partial charge in [0.05, 0.1) is 29.0 Å². The number of benzene rings is 1. The smallest absolute Gasteiger partial charge is 0.343 e. The van der Waals surface area contributed by atoms with Crippen molar-refractivity contribution in [3.05, 3.63) is 62.9 Å². The normalized spacial score (nSPS) is 18.9. The minimum absolute atomic E-state index is 0.125. The largest absolute Gasteiger partial charge is 0.458 e. The van der Waals surface area contributed by atoms with Gasteiger partial charge in [0.2, 0.25) is 0 Å². The Bertz CT molecular complexity index is 1330. The summed E-state index contributed by atoms with van der Waals surface area (Å²) in [6, 6.07) is 10.1. The van der Waals surface area contributed by atoms with E-state index in [1.54, 1.807) is 17.6 Å². The Hall–Kier alpha value is -3.07. The molecule has 0 aliphatic carbocycles. The van der Waals surface area contributed by atoms with Crippen molar-refractivity contribution in [2.45, 2.75) is 58.4 Å². The first-order valence-corrected chi connectivity index (χ1v) is 11.4. The fourth-order valence-corrected chi connectivity index (χ4v) is 4.86. The number of hydrazine groups is 1. The first-order chi connectivity index (χ1) is 15.8. The summed E-state index contributed by atoms with van der Waals surface area (Å²) in [6.07, 6.45) is 0.882. The molecule has 8 nitrogen and oxygen atoms in total. The second kappa shape index (κ2) is 8.06. The van der Waals surface area contributed by atoms with Gasteiger partial charge < -0.3 is 14.4 Å². The zero-order valence-corrected chi connectivity index (χ0v) is 19.1. The van der Waals surface area contributed by atoms with Crippen LogP contribution < -0.4 is 16.4 Å². The van der Waals surface area contributed by atoms with Crippen LogP contribution in [-0.4, -0.2) is 33.2 Å². The van der Waals surface area contributed by atoms with Crippen molar-refractivity contribution < 1.29 is 14.6 Å². The van der Waals surface area contributed by atoms with Crippen LogP contribution in [0.1, 0.15) is 49.4 Å². The Kier molecular flexibility index (Phi) is 5.31. The Morgan fingerprint density at radius 2 is 2.03 bits per heavy atom. The number of esters is 1. The van der Waals surface area contributed by atoms with Gasteiger partial charge in [0.15, 0.2) is 5.60 Å². The molecule has 5 rings (SSSR count). The molecule has 3 N–H and O–H groups in total. The van der Waals surface area contributed by atoms with E-state index in [-0.39, 0.29) is 18.6 Å². The molecule has 0 bridgehead atoms. The van der Waals surface area contributed by atoms with Crippen molar-refractivity contribution in [2.24, 2.45) is 0 Å². The van der Waals surface area contributed by atoms with Crippen LogP contribution in [0.25, 0.3) is 22.3 Å². The Morgan fingerprint density at radius 1 is 1.24 bits per heavy atom. The first kappa shape index (κ1) is 21.8. The molecular weight excluding hydrogens is 420 g/mol. The lowest BCUT2D eigenvalue weighted by Crippen LogP contribution is -2.44. The number of hydrogen-bond donors (Lipinski definition) is 3. The molecule has 0 unspecified atom stereocenters. The van der Waals surface area contributed by atoms with Gasteiger partial charge in [-0.15, -0.1) is 0 Å². The molecule has 0 radical (unpaired) electrons. The van der Waals surface area contributed by atoms with Crippen LogP contribution >= 0.6 is 0 Å². The number of rotatable bonds is 6. The van der Waals surface area contributed by atoms with Crippen LogP contribution in [0.15, 0.2) is 35.1 Å². The minimum Gasteiger partial charge on any atom is -0.458 e. The Morgan fingerprint density at radius 3 is 2.79 bits per heavy atom. The average Bonchev–Trinajstić information content (AvgIpc) is 3.17. The van der Waals surface area contributed by atoms with E-state index in [0.29, 0.717) is 29.4 Å². The number of pyridine rings is 2. The Balaban J connectivity index is 1.67. The molecule has 172 valence electrons. The number of carbonyl (C=O) groups is 1. The van der Waals surface area contributed by atoms with E-state index < -0.39 is 11.6 Å². The lowest BCUT2D eigenvalue weighted by molar-refractivity contribution is -0.172. The molecule has 0 saturated carbocycles. The maximum Gasteiger partial charge on any atom is 0.343 e. The molecule has 0 spiro atoms. The van der Waals surface area contributed by atoms with Crippen LogP contribution in [0, 0.1) is 0 Å². The summed E-state index contributed by atoms with van der Waals surface area (Å²) < 4.78 is 6.86. The highest BCUT2D eigenvalue weighted by atomic mass is 16.6. The van der Waals surface area contributed by atoms with Crippen LogP contribution in [0.5, 0.6) is 0 Å². The van der Waals surface area contributed by atoms with Crippen molar-refractivity contribution in [1.29, 1.82) is 0 Å². The zero-order chi connectivity index (χ0) is 23.3. The zero-order valence-electron chi connectivity index (χ0n) is 19.1. The third-order valence-electron chi connectivity index (χ3n) is 6.60. The van der Waals surface area contributed by atoms with Gasteiger partial charge in [-0.25, -0.2) is 9.78 Å². The Labute approximate surface area is 191 Å². The first-order valence-electron chi connectivity index (χ1n) is 11.4. The van der Waals surface area contributed by atoms with E-state index in [0.717, 1.165) is 40.7 Å². The third kappa shape index (κ3) is 3.37. The van der Waals surface area contributed by atoms with Crippen molar-refractivity contribution in [2.75, 3.05) is 6.54 Å². The number of ether oxygens (including phenoxy) is 1. The monoisotopic (exact) mass is 448 g/mol. The van der Waals surface area contributed by atoms with Gasteiger partial charge in [0, 0.05) is 29.1 Å². The number of aromatic nitrogens is 2. The summed E-state index contributed by atoms with van der Waals surface area (Å²) in [4.78, 5) is 30.7. The molecule has 8 heteroatoms. The maximum absolute atomic E-state index is 13.4.